The predicted octanol–water partition coefficient (Wildman–Crippen LogP) is 4.09. The predicted molar refractivity (Wildman–Crippen MR) is 86.6 cm³/mol. The zero-order valence-electron chi connectivity index (χ0n) is 11.2. The van der Waals surface area contributed by atoms with Crippen LogP contribution in [0, 0.1) is 0 Å². The Kier molecular flexibility index (Phi) is 5.03. The summed E-state index contributed by atoms with van der Waals surface area (Å²) in [4.78, 5) is 12.3. The fraction of sp³-hybridized carbons (Fsp3) is 0.214. The van der Waals surface area contributed by atoms with Gasteiger partial charge < -0.3 is 15.4 Å². The first-order valence-corrected chi connectivity index (χ1v) is 7.68. The van der Waals surface area contributed by atoms with Gasteiger partial charge >= 0.3 is 0 Å². The molecule has 1 aromatic carbocycles. The maximum Gasteiger partial charge on any atom is 0.221 e. The zero-order valence-corrected chi connectivity index (χ0v) is 13.6. The number of carbonyl (C=O) groups is 1. The van der Waals surface area contributed by atoms with E-state index in [2.05, 4.69) is 32.6 Å². The fourth-order valence-electron chi connectivity index (χ4n) is 1.76. The summed E-state index contributed by atoms with van der Waals surface area (Å²) in [6.07, 6.45) is 0. The van der Waals surface area contributed by atoms with Gasteiger partial charge in [0.2, 0.25) is 5.91 Å². The van der Waals surface area contributed by atoms with Crippen LogP contribution in [0.2, 0.25) is 0 Å². The van der Waals surface area contributed by atoms with Crippen LogP contribution in [-0.2, 0) is 11.3 Å². The van der Waals surface area contributed by atoms with Crippen LogP contribution in [0.4, 0.5) is 11.4 Å². The SMILES string of the molecule is COc1ccc(NC(C)=O)cc1NCc1cc(Br)cs1. The maximum atomic E-state index is 11.1. The number of halogens is 1. The number of benzene rings is 1. The van der Waals surface area contributed by atoms with Gasteiger partial charge in [-0.2, -0.15) is 0 Å². The number of nitrogens with one attached hydrogen (secondary N) is 2. The summed E-state index contributed by atoms with van der Waals surface area (Å²) in [7, 11) is 1.63. The van der Waals surface area contributed by atoms with Crippen LogP contribution in [-0.4, -0.2) is 13.0 Å². The highest BCUT2D eigenvalue weighted by molar-refractivity contribution is 9.10. The van der Waals surface area contributed by atoms with E-state index in [0.717, 1.165) is 21.6 Å². The third kappa shape index (κ3) is 3.98. The molecule has 0 saturated carbocycles. The van der Waals surface area contributed by atoms with Gasteiger partial charge in [-0.25, -0.2) is 0 Å². The van der Waals surface area contributed by atoms with E-state index >= 15 is 0 Å². The molecule has 106 valence electrons. The van der Waals surface area contributed by atoms with Crippen molar-refractivity contribution in [3.8, 4) is 5.75 Å². The topological polar surface area (TPSA) is 50.4 Å². The lowest BCUT2D eigenvalue weighted by atomic mass is 10.2. The number of methoxy groups -OCH3 is 1. The van der Waals surface area contributed by atoms with Gasteiger partial charge in [0.15, 0.2) is 0 Å². The van der Waals surface area contributed by atoms with Crippen molar-refractivity contribution >= 4 is 44.5 Å². The van der Waals surface area contributed by atoms with Gasteiger partial charge in [0, 0.05) is 33.9 Å². The average molecular weight is 355 g/mol. The number of rotatable bonds is 5. The van der Waals surface area contributed by atoms with Crippen LogP contribution in [0.3, 0.4) is 0 Å². The standard InChI is InChI=1S/C14H15BrN2O2S/c1-9(18)17-11-3-4-14(19-2)13(6-11)16-7-12-5-10(15)8-20-12/h3-6,8,16H,7H2,1-2H3,(H,17,18). The number of amides is 1. The molecule has 0 saturated heterocycles. The monoisotopic (exact) mass is 354 g/mol. The molecule has 2 aromatic rings. The van der Waals surface area contributed by atoms with E-state index in [4.69, 9.17) is 4.74 Å². The minimum Gasteiger partial charge on any atom is -0.495 e. The number of hydrogen-bond acceptors (Lipinski definition) is 4. The molecule has 1 amide bonds. The Hall–Kier alpha value is -1.53. The molecular weight excluding hydrogens is 340 g/mol. The summed E-state index contributed by atoms with van der Waals surface area (Å²) in [6.45, 7) is 2.19. The second-order valence-corrected chi connectivity index (χ2v) is 6.09. The molecule has 4 nitrogen and oxygen atoms in total. The van der Waals surface area contributed by atoms with Crippen LogP contribution < -0.4 is 15.4 Å². The van der Waals surface area contributed by atoms with Gasteiger partial charge in [0.05, 0.1) is 12.8 Å². The van der Waals surface area contributed by atoms with Crippen molar-refractivity contribution in [3.05, 3.63) is 39.0 Å². The van der Waals surface area contributed by atoms with E-state index in [0.29, 0.717) is 6.54 Å². The summed E-state index contributed by atoms with van der Waals surface area (Å²) >= 11 is 5.11. The maximum absolute atomic E-state index is 11.1. The van der Waals surface area contributed by atoms with E-state index in [1.807, 2.05) is 23.6 Å². The van der Waals surface area contributed by atoms with E-state index in [1.165, 1.54) is 11.8 Å². The molecule has 0 unspecified atom stereocenters. The lowest BCUT2D eigenvalue weighted by molar-refractivity contribution is -0.114. The van der Waals surface area contributed by atoms with Crippen LogP contribution in [0.1, 0.15) is 11.8 Å². The molecule has 0 spiro atoms. The first-order valence-electron chi connectivity index (χ1n) is 6.01. The molecule has 1 aromatic heterocycles. The molecule has 2 N–H and O–H groups in total. The Balaban J connectivity index is 2.13. The Morgan fingerprint density at radius 3 is 2.80 bits per heavy atom. The molecular formula is C14H15BrN2O2S. The Morgan fingerprint density at radius 1 is 1.40 bits per heavy atom. The van der Waals surface area contributed by atoms with Crippen LogP contribution >= 0.6 is 27.3 Å². The van der Waals surface area contributed by atoms with Crippen molar-refractivity contribution in [1.82, 2.24) is 0 Å². The van der Waals surface area contributed by atoms with Crippen molar-refractivity contribution in [2.24, 2.45) is 0 Å². The Bertz CT molecular complexity index is 613. The minimum atomic E-state index is -0.0942. The van der Waals surface area contributed by atoms with Crippen molar-refractivity contribution in [1.29, 1.82) is 0 Å². The van der Waals surface area contributed by atoms with Crippen molar-refractivity contribution in [2.75, 3.05) is 17.7 Å². The molecule has 0 radical (unpaired) electrons. The molecule has 0 fully saturated rings. The third-order valence-electron chi connectivity index (χ3n) is 2.59. The Labute approximate surface area is 130 Å². The summed E-state index contributed by atoms with van der Waals surface area (Å²) in [5.41, 5.74) is 1.59. The third-order valence-corrected chi connectivity index (χ3v) is 4.29. The fourth-order valence-corrected chi connectivity index (χ4v) is 3.15. The highest BCUT2D eigenvalue weighted by atomic mass is 79.9. The van der Waals surface area contributed by atoms with E-state index in [9.17, 15) is 4.79 Å². The van der Waals surface area contributed by atoms with E-state index in [1.54, 1.807) is 18.4 Å². The number of carbonyl (C=O) groups excluding carboxylic acids is 1. The highest BCUT2D eigenvalue weighted by Gasteiger charge is 2.06. The van der Waals surface area contributed by atoms with Crippen molar-refractivity contribution in [3.63, 3.8) is 0 Å². The van der Waals surface area contributed by atoms with Crippen LogP contribution in [0.5, 0.6) is 5.75 Å². The lowest BCUT2D eigenvalue weighted by Gasteiger charge is -2.12. The number of thiophene rings is 1. The largest absolute Gasteiger partial charge is 0.495 e. The van der Waals surface area contributed by atoms with Gasteiger partial charge in [-0.05, 0) is 40.2 Å². The molecule has 0 aliphatic rings. The molecule has 0 bridgehead atoms. The summed E-state index contributed by atoms with van der Waals surface area (Å²) < 4.78 is 6.40. The van der Waals surface area contributed by atoms with Crippen molar-refractivity contribution < 1.29 is 9.53 Å². The summed E-state index contributed by atoms with van der Waals surface area (Å²) in [5, 5.41) is 8.12. The van der Waals surface area contributed by atoms with Crippen LogP contribution in [0.25, 0.3) is 0 Å². The first-order chi connectivity index (χ1) is 9.58. The Morgan fingerprint density at radius 2 is 2.20 bits per heavy atom. The van der Waals surface area contributed by atoms with E-state index < -0.39 is 0 Å². The number of hydrogen-bond donors (Lipinski definition) is 2. The zero-order chi connectivity index (χ0) is 14.5. The van der Waals surface area contributed by atoms with Gasteiger partial charge in [0.25, 0.3) is 0 Å². The van der Waals surface area contributed by atoms with Gasteiger partial charge in [0.1, 0.15) is 5.75 Å². The van der Waals surface area contributed by atoms with Gasteiger partial charge in [-0.1, -0.05) is 0 Å². The number of ether oxygens (including phenoxy) is 1. The normalized spacial score (nSPS) is 10.2. The molecule has 0 aliphatic heterocycles. The number of anilines is 2. The van der Waals surface area contributed by atoms with Gasteiger partial charge in [-0.3, -0.25) is 4.79 Å². The van der Waals surface area contributed by atoms with Gasteiger partial charge in [-0.15, -0.1) is 11.3 Å². The summed E-state index contributed by atoms with van der Waals surface area (Å²) in [5.74, 6) is 0.651. The quantitative estimate of drug-likeness (QED) is 0.849. The van der Waals surface area contributed by atoms with Crippen molar-refractivity contribution in [2.45, 2.75) is 13.5 Å². The molecule has 2 rings (SSSR count). The molecule has 0 atom stereocenters. The van der Waals surface area contributed by atoms with E-state index in [-0.39, 0.29) is 5.91 Å². The molecule has 0 aliphatic carbocycles. The molecule has 1 heterocycles. The second-order valence-electron chi connectivity index (χ2n) is 4.18. The lowest BCUT2D eigenvalue weighted by Crippen LogP contribution is -2.07. The minimum absolute atomic E-state index is 0.0942. The highest BCUT2D eigenvalue weighted by Crippen LogP contribution is 2.29. The second kappa shape index (κ2) is 6.76. The first kappa shape index (κ1) is 14.9. The molecule has 6 heteroatoms. The van der Waals surface area contributed by atoms with Crippen LogP contribution in [0.15, 0.2) is 34.1 Å². The smallest absolute Gasteiger partial charge is 0.221 e. The molecule has 20 heavy (non-hydrogen) atoms. The average Bonchev–Trinajstić information content (AvgIpc) is 2.82. The summed E-state index contributed by atoms with van der Waals surface area (Å²) in [6, 6.07) is 7.58.